The molecule has 0 spiro atoms. The van der Waals surface area contributed by atoms with Gasteiger partial charge in [0.05, 0.1) is 0 Å². The lowest BCUT2D eigenvalue weighted by atomic mass is 10.1. The van der Waals surface area contributed by atoms with Crippen molar-refractivity contribution in [1.29, 1.82) is 0 Å². The molecule has 0 fully saturated rings. The average molecular weight is 217 g/mol. The van der Waals surface area contributed by atoms with Gasteiger partial charge in [-0.05, 0) is 39.2 Å². The van der Waals surface area contributed by atoms with Gasteiger partial charge in [0.2, 0.25) is 0 Å². The third-order valence-corrected chi connectivity index (χ3v) is 2.37. The Morgan fingerprint density at radius 2 is 1.80 bits per heavy atom. The van der Waals surface area contributed by atoms with E-state index in [1.807, 2.05) is 0 Å². The van der Waals surface area contributed by atoms with Crippen LogP contribution in [0.15, 0.2) is 0 Å². The van der Waals surface area contributed by atoms with Crippen molar-refractivity contribution in [3.63, 3.8) is 0 Å². The Morgan fingerprint density at radius 3 is 2.47 bits per heavy atom. The van der Waals surface area contributed by atoms with Gasteiger partial charge in [0, 0.05) is 33.0 Å². The Balaban J connectivity index is 2.98. The molecule has 3 heteroatoms. The van der Waals surface area contributed by atoms with Crippen molar-refractivity contribution in [1.82, 2.24) is 5.32 Å². The van der Waals surface area contributed by atoms with Crippen LogP contribution in [0.25, 0.3) is 0 Å². The smallest absolute Gasteiger partial charge is 0.0487 e. The Kier molecular flexibility index (Phi) is 11.9. The number of nitrogens with one attached hydrogen (secondary N) is 1. The van der Waals surface area contributed by atoms with Crippen molar-refractivity contribution >= 4 is 0 Å². The van der Waals surface area contributed by atoms with E-state index in [2.05, 4.69) is 19.2 Å². The van der Waals surface area contributed by atoms with E-state index < -0.39 is 0 Å². The fraction of sp³-hybridized carbons (Fsp3) is 1.00. The van der Waals surface area contributed by atoms with Crippen LogP contribution in [0.3, 0.4) is 0 Å². The first kappa shape index (κ1) is 14.9. The van der Waals surface area contributed by atoms with Crippen LogP contribution in [-0.2, 0) is 9.47 Å². The van der Waals surface area contributed by atoms with Gasteiger partial charge in [-0.3, -0.25) is 0 Å². The van der Waals surface area contributed by atoms with Crippen LogP contribution in [0.2, 0.25) is 0 Å². The summed E-state index contributed by atoms with van der Waals surface area (Å²) in [7, 11) is 1.72. The molecule has 1 atom stereocenters. The highest BCUT2D eigenvalue weighted by Crippen LogP contribution is 2.00. The molecule has 0 aliphatic heterocycles. The third-order valence-electron chi connectivity index (χ3n) is 2.37. The van der Waals surface area contributed by atoms with Crippen LogP contribution < -0.4 is 5.32 Å². The van der Waals surface area contributed by atoms with Gasteiger partial charge in [0.1, 0.15) is 0 Å². The highest BCUT2D eigenvalue weighted by molar-refractivity contribution is 4.58. The number of hydrogen-bond acceptors (Lipinski definition) is 3. The molecule has 92 valence electrons. The van der Waals surface area contributed by atoms with Gasteiger partial charge in [-0.1, -0.05) is 6.92 Å². The van der Waals surface area contributed by atoms with Crippen LogP contribution >= 0.6 is 0 Å². The first-order chi connectivity index (χ1) is 7.31. The van der Waals surface area contributed by atoms with Crippen molar-refractivity contribution in [2.45, 2.75) is 45.6 Å². The lowest BCUT2D eigenvalue weighted by molar-refractivity contribution is 0.0999. The normalized spacial score (nSPS) is 13.0. The minimum absolute atomic E-state index is 0.642. The van der Waals surface area contributed by atoms with E-state index in [1.54, 1.807) is 7.11 Å². The maximum atomic E-state index is 5.48. The predicted octanol–water partition coefficient (Wildman–Crippen LogP) is 2.21. The molecule has 0 aliphatic rings. The van der Waals surface area contributed by atoms with E-state index in [1.165, 1.54) is 19.3 Å². The zero-order chi connectivity index (χ0) is 11.4. The summed E-state index contributed by atoms with van der Waals surface area (Å²) in [6, 6.07) is 0.642. The Bertz CT molecular complexity index is 120. The van der Waals surface area contributed by atoms with E-state index in [-0.39, 0.29) is 0 Å². The third kappa shape index (κ3) is 11.8. The largest absolute Gasteiger partial charge is 0.385 e. The van der Waals surface area contributed by atoms with E-state index in [4.69, 9.17) is 9.47 Å². The zero-order valence-corrected chi connectivity index (χ0v) is 10.6. The maximum absolute atomic E-state index is 5.48. The van der Waals surface area contributed by atoms with Crippen LogP contribution in [0.1, 0.15) is 39.5 Å². The summed E-state index contributed by atoms with van der Waals surface area (Å²) in [4.78, 5) is 0. The Labute approximate surface area is 94.5 Å². The molecule has 0 radical (unpaired) electrons. The second-order valence-electron chi connectivity index (χ2n) is 3.91. The van der Waals surface area contributed by atoms with Crippen LogP contribution in [0, 0.1) is 0 Å². The van der Waals surface area contributed by atoms with Gasteiger partial charge in [0.15, 0.2) is 0 Å². The monoisotopic (exact) mass is 217 g/mol. The molecule has 3 nitrogen and oxygen atoms in total. The van der Waals surface area contributed by atoms with E-state index in [0.29, 0.717) is 6.04 Å². The number of ether oxygens (including phenoxy) is 2. The Morgan fingerprint density at radius 1 is 1.07 bits per heavy atom. The molecule has 0 bridgehead atoms. The van der Waals surface area contributed by atoms with Gasteiger partial charge in [-0.2, -0.15) is 0 Å². The number of methoxy groups -OCH3 is 1. The van der Waals surface area contributed by atoms with E-state index >= 15 is 0 Å². The first-order valence-corrected chi connectivity index (χ1v) is 6.11. The molecule has 0 aliphatic carbocycles. The standard InChI is InChI=1S/C12H27NO2/c1-4-13-12(2)8-5-6-10-15-11-7-9-14-3/h12-13H,4-11H2,1-3H3. The molecule has 0 aromatic carbocycles. The van der Waals surface area contributed by atoms with Gasteiger partial charge >= 0.3 is 0 Å². The molecule has 0 rings (SSSR count). The molecule has 1 unspecified atom stereocenters. The zero-order valence-electron chi connectivity index (χ0n) is 10.6. The van der Waals surface area contributed by atoms with Crippen molar-refractivity contribution in [3.8, 4) is 0 Å². The van der Waals surface area contributed by atoms with Crippen LogP contribution in [0.4, 0.5) is 0 Å². The molecule has 0 amide bonds. The molecule has 0 saturated heterocycles. The van der Waals surface area contributed by atoms with Crippen LogP contribution in [-0.4, -0.2) is 39.5 Å². The fourth-order valence-corrected chi connectivity index (χ4v) is 1.51. The summed E-state index contributed by atoms with van der Waals surface area (Å²) < 4.78 is 10.4. The molecule has 0 aromatic heterocycles. The van der Waals surface area contributed by atoms with Gasteiger partial charge in [0.25, 0.3) is 0 Å². The molecule has 1 N–H and O–H groups in total. The SMILES string of the molecule is CCNC(C)CCCCOCCCOC. The number of unbranched alkanes of at least 4 members (excludes halogenated alkanes) is 1. The van der Waals surface area contributed by atoms with E-state index in [0.717, 1.165) is 32.8 Å². The molecular weight excluding hydrogens is 190 g/mol. The summed E-state index contributed by atoms with van der Waals surface area (Å²) in [6.07, 6.45) is 4.67. The van der Waals surface area contributed by atoms with Crippen molar-refractivity contribution in [3.05, 3.63) is 0 Å². The van der Waals surface area contributed by atoms with Gasteiger partial charge in [-0.25, -0.2) is 0 Å². The highest BCUT2D eigenvalue weighted by Gasteiger charge is 1.98. The number of hydrogen-bond donors (Lipinski definition) is 1. The summed E-state index contributed by atoms with van der Waals surface area (Å²) in [5, 5.41) is 3.41. The van der Waals surface area contributed by atoms with Crippen molar-refractivity contribution in [2.75, 3.05) is 33.5 Å². The van der Waals surface area contributed by atoms with Crippen LogP contribution in [0.5, 0.6) is 0 Å². The minimum atomic E-state index is 0.642. The highest BCUT2D eigenvalue weighted by atomic mass is 16.5. The molecule has 15 heavy (non-hydrogen) atoms. The Hall–Kier alpha value is -0.120. The second kappa shape index (κ2) is 12.0. The lowest BCUT2D eigenvalue weighted by Crippen LogP contribution is -2.25. The predicted molar refractivity (Wildman–Crippen MR) is 64.3 cm³/mol. The first-order valence-electron chi connectivity index (χ1n) is 6.11. The fourth-order valence-electron chi connectivity index (χ4n) is 1.51. The average Bonchev–Trinajstić information content (AvgIpc) is 2.22. The molecule has 0 saturated carbocycles. The summed E-state index contributed by atoms with van der Waals surface area (Å²) in [5.74, 6) is 0. The van der Waals surface area contributed by atoms with Crippen molar-refractivity contribution < 1.29 is 9.47 Å². The number of rotatable bonds is 11. The maximum Gasteiger partial charge on any atom is 0.0487 e. The lowest BCUT2D eigenvalue weighted by Gasteiger charge is -2.11. The topological polar surface area (TPSA) is 30.5 Å². The van der Waals surface area contributed by atoms with E-state index in [9.17, 15) is 0 Å². The van der Waals surface area contributed by atoms with Gasteiger partial charge < -0.3 is 14.8 Å². The summed E-state index contributed by atoms with van der Waals surface area (Å²) >= 11 is 0. The summed E-state index contributed by atoms with van der Waals surface area (Å²) in [6.45, 7) is 7.98. The second-order valence-corrected chi connectivity index (χ2v) is 3.91. The molecule has 0 heterocycles. The molecule has 0 aromatic rings. The summed E-state index contributed by atoms with van der Waals surface area (Å²) in [5.41, 5.74) is 0. The van der Waals surface area contributed by atoms with Crippen molar-refractivity contribution in [2.24, 2.45) is 0 Å². The van der Waals surface area contributed by atoms with Gasteiger partial charge in [-0.15, -0.1) is 0 Å². The molecular formula is C12H27NO2. The minimum Gasteiger partial charge on any atom is -0.385 e. The quantitative estimate of drug-likeness (QED) is 0.538.